The zero-order valence-electron chi connectivity index (χ0n) is 17.9. The predicted molar refractivity (Wildman–Crippen MR) is 112 cm³/mol. The lowest BCUT2D eigenvalue weighted by Gasteiger charge is -2.42. The first-order chi connectivity index (χ1) is 14.0. The molecule has 0 unspecified atom stereocenters. The third-order valence-electron chi connectivity index (χ3n) is 5.84. The molecule has 0 saturated carbocycles. The molecule has 1 aromatic carbocycles. The molecule has 2 heterocycles. The van der Waals surface area contributed by atoms with E-state index in [0.717, 1.165) is 38.4 Å². The van der Waals surface area contributed by atoms with Crippen molar-refractivity contribution in [3.05, 3.63) is 35.9 Å². The molecular weight excluding hydrogens is 370 g/mol. The van der Waals surface area contributed by atoms with Crippen molar-refractivity contribution in [1.29, 1.82) is 0 Å². The fraction of sp³-hybridized carbons (Fsp3) is 0.682. The average Bonchev–Trinajstić information content (AvgIpc) is 2.77. The molecule has 0 radical (unpaired) electrons. The van der Waals surface area contributed by atoms with Gasteiger partial charge in [-0.15, -0.1) is 0 Å². The minimum Gasteiger partial charge on any atom is -0.445 e. The predicted octanol–water partition coefficient (Wildman–Crippen LogP) is 2.11. The van der Waals surface area contributed by atoms with Crippen LogP contribution in [0.15, 0.2) is 30.3 Å². The van der Waals surface area contributed by atoms with Gasteiger partial charge in [-0.3, -0.25) is 4.90 Å². The Kier molecular flexibility index (Phi) is 7.89. The summed E-state index contributed by atoms with van der Waals surface area (Å²) in [4.78, 5) is 16.7. The number of hydrogen-bond acceptors (Lipinski definition) is 6. The van der Waals surface area contributed by atoms with Gasteiger partial charge in [-0.25, -0.2) is 4.79 Å². The molecule has 3 rings (SSSR count). The number of carbonyl (C=O) groups excluding carboxylic acids is 1. The van der Waals surface area contributed by atoms with Gasteiger partial charge in [0, 0.05) is 37.8 Å². The van der Waals surface area contributed by atoms with Crippen LogP contribution < -0.4 is 5.32 Å². The highest BCUT2D eigenvalue weighted by molar-refractivity contribution is 5.67. The van der Waals surface area contributed by atoms with Gasteiger partial charge >= 0.3 is 6.09 Å². The molecule has 2 aliphatic heterocycles. The lowest BCUT2D eigenvalue weighted by atomic mass is 10.0. The first-order valence-corrected chi connectivity index (χ1v) is 10.6. The monoisotopic (exact) mass is 405 g/mol. The zero-order valence-corrected chi connectivity index (χ0v) is 17.9. The lowest BCUT2D eigenvalue weighted by Crippen LogP contribution is -2.58. The van der Waals surface area contributed by atoms with E-state index < -0.39 is 0 Å². The van der Waals surface area contributed by atoms with Gasteiger partial charge in [-0.1, -0.05) is 30.3 Å². The Morgan fingerprint density at radius 3 is 2.66 bits per heavy atom. The Hall–Kier alpha value is -1.67. The molecule has 2 atom stereocenters. The summed E-state index contributed by atoms with van der Waals surface area (Å²) in [5.41, 5.74) is 1.03. The molecule has 162 valence electrons. The fourth-order valence-electron chi connectivity index (χ4n) is 3.78. The van der Waals surface area contributed by atoms with E-state index in [1.807, 2.05) is 30.3 Å². The van der Waals surface area contributed by atoms with E-state index in [0.29, 0.717) is 26.3 Å². The van der Waals surface area contributed by atoms with Crippen molar-refractivity contribution in [1.82, 2.24) is 15.1 Å². The Morgan fingerprint density at radius 2 is 1.93 bits per heavy atom. The van der Waals surface area contributed by atoms with Gasteiger partial charge in [0.2, 0.25) is 0 Å². The van der Waals surface area contributed by atoms with Crippen LogP contribution in [-0.2, 0) is 20.8 Å². The molecule has 1 N–H and O–H groups in total. The number of rotatable bonds is 7. The molecule has 2 saturated heterocycles. The van der Waals surface area contributed by atoms with Crippen molar-refractivity contribution in [3.63, 3.8) is 0 Å². The summed E-state index contributed by atoms with van der Waals surface area (Å²) in [5.74, 6) is 0. The average molecular weight is 406 g/mol. The highest BCUT2D eigenvalue weighted by Gasteiger charge is 2.32. The number of ether oxygens (including phenoxy) is 3. The van der Waals surface area contributed by atoms with E-state index in [1.165, 1.54) is 0 Å². The minimum absolute atomic E-state index is 0.0427. The second-order valence-corrected chi connectivity index (χ2v) is 8.48. The summed E-state index contributed by atoms with van der Waals surface area (Å²) < 4.78 is 16.9. The molecule has 2 aliphatic rings. The standard InChI is InChI=1S/C22H35N3O4/c1-18(23-17-22(2,3)25-10-12-27-13-11-25)20-15-24(9-14-28-20)21(26)29-16-19-7-5-4-6-8-19/h4-8,18,20,23H,9-17H2,1-3H3/t18-,20+/m0/s1. The van der Waals surface area contributed by atoms with Crippen LogP contribution in [0.5, 0.6) is 0 Å². The summed E-state index contributed by atoms with van der Waals surface area (Å²) in [5, 5.41) is 3.62. The van der Waals surface area contributed by atoms with Gasteiger partial charge in [0.1, 0.15) is 6.61 Å². The quantitative estimate of drug-likeness (QED) is 0.750. The van der Waals surface area contributed by atoms with Gasteiger partial charge in [0.05, 0.1) is 32.5 Å². The van der Waals surface area contributed by atoms with E-state index >= 15 is 0 Å². The third kappa shape index (κ3) is 6.40. The molecule has 0 aromatic heterocycles. The second kappa shape index (κ2) is 10.4. The third-order valence-corrected chi connectivity index (χ3v) is 5.84. The highest BCUT2D eigenvalue weighted by Crippen LogP contribution is 2.17. The maximum absolute atomic E-state index is 12.5. The van der Waals surface area contributed by atoms with Crippen LogP contribution in [0.4, 0.5) is 4.79 Å². The number of nitrogens with one attached hydrogen (secondary N) is 1. The highest BCUT2D eigenvalue weighted by atomic mass is 16.6. The van der Waals surface area contributed by atoms with Crippen LogP contribution in [0.1, 0.15) is 26.3 Å². The van der Waals surface area contributed by atoms with Gasteiger partial charge in [0.25, 0.3) is 0 Å². The van der Waals surface area contributed by atoms with E-state index in [2.05, 4.69) is 31.0 Å². The van der Waals surface area contributed by atoms with Crippen molar-refractivity contribution in [2.24, 2.45) is 0 Å². The number of amides is 1. The Labute approximate surface area is 174 Å². The minimum atomic E-state index is -0.275. The normalized spacial score (nSPS) is 22.3. The van der Waals surface area contributed by atoms with Crippen LogP contribution >= 0.6 is 0 Å². The number of nitrogens with zero attached hydrogens (tertiary/aromatic N) is 2. The second-order valence-electron chi connectivity index (χ2n) is 8.48. The molecule has 0 bridgehead atoms. The van der Waals surface area contributed by atoms with Crippen LogP contribution in [0.2, 0.25) is 0 Å². The first-order valence-electron chi connectivity index (χ1n) is 10.6. The van der Waals surface area contributed by atoms with E-state index in [-0.39, 0.29) is 23.8 Å². The van der Waals surface area contributed by atoms with Crippen molar-refractivity contribution in [2.75, 3.05) is 52.5 Å². The van der Waals surface area contributed by atoms with Crippen molar-refractivity contribution in [3.8, 4) is 0 Å². The van der Waals surface area contributed by atoms with Gasteiger partial charge in [-0.2, -0.15) is 0 Å². The summed E-state index contributed by atoms with van der Waals surface area (Å²) in [7, 11) is 0. The maximum Gasteiger partial charge on any atom is 0.410 e. The lowest BCUT2D eigenvalue weighted by molar-refractivity contribution is -0.0462. The van der Waals surface area contributed by atoms with Crippen LogP contribution in [-0.4, -0.2) is 86.1 Å². The number of carbonyl (C=O) groups is 1. The number of hydrogen-bond donors (Lipinski definition) is 1. The molecule has 7 heteroatoms. The maximum atomic E-state index is 12.5. The summed E-state index contributed by atoms with van der Waals surface area (Å²) >= 11 is 0. The summed E-state index contributed by atoms with van der Waals surface area (Å²) in [6.45, 7) is 12.9. The molecule has 29 heavy (non-hydrogen) atoms. The zero-order chi connectivity index (χ0) is 20.7. The van der Waals surface area contributed by atoms with Gasteiger partial charge < -0.3 is 24.4 Å². The van der Waals surface area contributed by atoms with Crippen molar-refractivity contribution >= 4 is 6.09 Å². The van der Waals surface area contributed by atoms with Crippen LogP contribution in [0.3, 0.4) is 0 Å². The van der Waals surface area contributed by atoms with Crippen LogP contribution in [0, 0.1) is 0 Å². The van der Waals surface area contributed by atoms with Crippen molar-refractivity contribution < 1.29 is 19.0 Å². The SMILES string of the molecule is C[C@H](NCC(C)(C)N1CCOCC1)[C@H]1CN(C(=O)OCc2ccccc2)CCO1. The Morgan fingerprint density at radius 1 is 1.21 bits per heavy atom. The van der Waals surface area contributed by atoms with Gasteiger partial charge in [-0.05, 0) is 26.3 Å². The van der Waals surface area contributed by atoms with E-state index in [1.54, 1.807) is 4.90 Å². The molecule has 7 nitrogen and oxygen atoms in total. The smallest absolute Gasteiger partial charge is 0.410 e. The topological polar surface area (TPSA) is 63.3 Å². The molecular formula is C22H35N3O4. The molecule has 2 fully saturated rings. The van der Waals surface area contributed by atoms with Crippen molar-refractivity contribution in [2.45, 2.75) is 45.1 Å². The first kappa shape index (κ1) is 22.0. The molecule has 0 spiro atoms. The largest absolute Gasteiger partial charge is 0.445 e. The fourth-order valence-corrected chi connectivity index (χ4v) is 3.78. The van der Waals surface area contributed by atoms with Gasteiger partial charge in [0.15, 0.2) is 0 Å². The Bertz CT molecular complexity index is 634. The molecule has 0 aliphatic carbocycles. The van der Waals surface area contributed by atoms with Crippen LogP contribution in [0.25, 0.3) is 0 Å². The number of benzene rings is 1. The number of morpholine rings is 2. The molecule has 1 amide bonds. The van der Waals surface area contributed by atoms with E-state index in [4.69, 9.17) is 14.2 Å². The Balaban J connectivity index is 1.44. The summed E-state index contributed by atoms with van der Waals surface area (Å²) in [6.07, 6.45) is -0.323. The van der Waals surface area contributed by atoms with E-state index in [9.17, 15) is 4.79 Å². The summed E-state index contributed by atoms with van der Waals surface area (Å²) in [6, 6.07) is 9.89. The molecule has 1 aromatic rings.